The summed E-state index contributed by atoms with van der Waals surface area (Å²) in [4.78, 5) is 0. The van der Waals surface area contributed by atoms with Crippen LogP contribution in [0.4, 0.5) is 0 Å². The van der Waals surface area contributed by atoms with E-state index in [0.717, 1.165) is 12.0 Å². The molecule has 50 valence electrons. The Morgan fingerprint density at radius 3 is 2.78 bits per heavy atom. The molecular formula is C8H12O. The molecule has 0 N–H and O–H groups in total. The lowest BCUT2D eigenvalue weighted by Gasteiger charge is -1.96. The molecule has 0 bridgehead atoms. The van der Waals surface area contributed by atoms with Gasteiger partial charge in [0.25, 0.3) is 0 Å². The predicted octanol–water partition coefficient (Wildman–Crippen LogP) is 1.92. The van der Waals surface area contributed by atoms with Crippen molar-refractivity contribution in [3.05, 3.63) is 30.5 Å². The Kier molecular flexibility index (Phi) is 4.89. The molecule has 0 heterocycles. The Labute approximate surface area is 56.3 Å². The van der Waals surface area contributed by atoms with Crippen LogP contribution in [0.3, 0.4) is 0 Å². The highest BCUT2D eigenvalue weighted by Gasteiger charge is 1.88. The first-order valence-electron chi connectivity index (χ1n) is 2.82. The largest absolute Gasteiger partial charge is 0.380 e. The molecule has 9 heavy (non-hydrogen) atoms. The van der Waals surface area contributed by atoms with Crippen molar-refractivity contribution in [2.75, 3.05) is 13.7 Å². The number of methoxy groups -OCH3 is 1. The molecule has 0 aliphatic carbocycles. The van der Waals surface area contributed by atoms with Crippen LogP contribution in [0.15, 0.2) is 30.5 Å². The summed E-state index contributed by atoms with van der Waals surface area (Å²) in [7, 11) is 1.65. The zero-order valence-electron chi connectivity index (χ0n) is 5.81. The first kappa shape index (κ1) is 8.22. The van der Waals surface area contributed by atoms with E-state index < -0.39 is 0 Å². The second-order valence-corrected chi connectivity index (χ2v) is 1.71. The van der Waals surface area contributed by atoms with Gasteiger partial charge in [0.15, 0.2) is 0 Å². The zero-order chi connectivity index (χ0) is 7.11. The summed E-state index contributed by atoms with van der Waals surface area (Å²) in [5, 5.41) is 0. The van der Waals surface area contributed by atoms with E-state index in [9.17, 15) is 0 Å². The molecule has 0 saturated heterocycles. The molecule has 0 aliphatic heterocycles. The van der Waals surface area contributed by atoms with E-state index in [-0.39, 0.29) is 0 Å². The molecule has 0 rings (SSSR count). The van der Waals surface area contributed by atoms with Crippen LogP contribution >= 0.6 is 0 Å². The maximum atomic E-state index is 4.86. The van der Waals surface area contributed by atoms with Crippen molar-refractivity contribution in [2.24, 2.45) is 0 Å². The summed E-state index contributed by atoms with van der Waals surface area (Å²) in [6.07, 6.45) is 2.63. The first-order valence-corrected chi connectivity index (χ1v) is 2.82. The highest BCUT2D eigenvalue weighted by molar-refractivity contribution is 5.03. The van der Waals surface area contributed by atoms with Crippen molar-refractivity contribution in [3.63, 3.8) is 0 Å². The van der Waals surface area contributed by atoms with Crippen LogP contribution in [0.1, 0.15) is 6.42 Å². The summed E-state index contributed by atoms with van der Waals surface area (Å²) >= 11 is 0. The smallest absolute Gasteiger partial charge is 0.0749 e. The zero-order valence-corrected chi connectivity index (χ0v) is 5.81. The predicted molar refractivity (Wildman–Crippen MR) is 39.3 cm³/mol. The lowest BCUT2D eigenvalue weighted by atomic mass is 10.2. The van der Waals surface area contributed by atoms with Gasteiger partial charge in [-0.05, 0) is 6.42 Å². The number of hydrogen-bond donors (Lipinski definition) is 0. The lowest BCUT2D eigenvalue weighted by molar-refractivity contribution is 0.224. The lowest BCUT2D eigenvalue weighted by Crippen LogP contribution is -1.90. The average Bonchev–Trinajstić information content (AvgIpc) is 1.88. The monoisotopic (exact) mass is 124 g/mol. The van der Waals surface area contributed by atoms with Gasteiger partial charge in [0.1, 0.15) is 0 Å². The summed E-state index contributed by atoms with van der Waals surface area (Å²) in [6, 6.07) is 0. The van der Waals surface area contributed by atoms with Gasteiger partial charge in [0.2, 0.25) is 0 Å². The van der Waals surface area contributed by atoms with Crippen LogP contribution in [0.2, 0.25) is 0 Å². The Balaban J connectivity index is 3.69. The first-order chi connectivity index (χ1) is 4.35. The minimum atomic E-state index is 0.607. The Morgan fingerprint density at radius 2 is 2.44 bits per heavy atom. The third-order valence-electron chi connectivity index (χ3n) is 0.959. The molecule has 1 nitrogen and oxygen atoms in total. The van der Waals surface area contributed by atoms with Crippen LogP contribution in [-0.2, 0) is 4.74 Å². The van der Waals surface area contributed by atoms with Gasteiger partial charge < -0.3 is 4.74 Å². The molecule has 0 radical (unpaired) electrons. The number of hydrogen-bond acceptors (Lipinski definition) is 1. The molecule has 0 amide bonds. The third-order valence-corrected chi connectivity index (χ3v) is 0.959. The van der Waals surface area contributed by atoms with E-state index in [1.54, 1.807) is 7.11 Å². The second kappa shape index (κ2) is 5.36. The molecule has 0 atom stereocenters. The van der Waals surface area contributed by atoms with Crippen molar-refractivity contribution in [2.45, 2.75) is 6.42 Å². The summed E-state index contributed by atoms with van der Waals surface area (Å²) < 4.78 is 4.86. The number of ether oxygens (including phenoxy) is 1. The molecule has 0 aliphatic rings. The Hall–Kier alpha value is -0.780. The molecule has 0 aromatic rings. The quantitative estimate of drug-likeness (QED) is 0.411. The molecule has 1 heteroatoms. The fourth-order valence-corrected chi connectivity index (χ4v) is 0.531. The van der Waals surface area contributed by atoms with Crippen molar-refractivity contribution >= 4 is 0 Å². The minimum absolute atomic E-state index is 0.607. The molecule has 0 aromatic heterocycles. The average molecular weight is 124 g/mol. The van der Waals surface area contributed by atoms with Gasteiger partial charge in [-0.1, -0.05) is 12.7 Å². The summed E-state index contributed by atoms with van der Waals surface area (Å²) in [5.74, 6) is 0. The van der Waals surface area contributed by atoms with Crippen LogP contribution in [0.5, 0.6) is 0 Å². The fourth-order valence-electron chi connectivity index (χ4n) is 0.531. The van der Waals surface area contributed by atoms with Crippen molar-refractivity contribution in [1.82, 2.24) is 0 Å². The molecular weight excluding hydrogens is 112 g/mol. The van der Waals surface area contributed by atoms with Crippen LogP contribution in [-0.4, -0.2) is 13.7 Å². The van der Waals surface area contributed by atoms with Crippen LogP contribution in [0.25, 0.3) is 0 Å². The van der Waals surface area contributed by atoms with E-state index in [1.807, 2.05) is 6.08 Å². The number of rotatable bonds is 4. The molecule has 0 saturated carbocycles. The Bertz CT molecular complexity index is 130. The van der Waals surface area contributed by atoms with Crippen molar-refractivity contribution in [3.8, 4) is 0 Å². The SMILES string of the molecule is C=C=C(CC=C)COC. The van der Waals surface area contributed by atoms with Crippen LogP contribution < -0.4 is 0 Å². The van der Waals surface area contributed by atoms with Crippen LogP contribution in [0, 0.1) is 0 Å². The van der Waals surface area contributed by atoms with Crippen molar-refractivity contribution in [1.29, 1.82) is 0 Å². The normalized spacial score (nSPS) is 8.11. The standard InChI is InChI=1S/C8H12O/c1-4-6-8(5-2)7-9-3/h4H,1-2,6-7H2,3H3. The van der Waals surface area contributed by atoms with Gasteiger partial charge in [-0.2, -0.15) is 0 Å². The topological polar surface area (TPSA) is 9.23 Å². The van der Waals surface area contributed by atoms with Gasteiger partial charge in [-0.3, -0.25) is 0 Å². The highest BCUT2D eigenvalue weighted by atomic mass is 16.5. The van der Waals surface area contributed by atoms with Gasteiger partial charge >= 0.3 is 0 Å². The molecule has 0 aromatic carbocycles. The fraction of sp³-hybridized carbons (Fsp3) is 0.375. The molecule has 0 unspecified atom stereocenters. The third kappa shape index (κ3) is 3.77. The van der Waals surface area contributed by atoms with E-state index in [0.29, 0.717) is 6.61 Å². The number of allylic oxidation sites excluding steroid dienone is 1. The minimum Gasteiger partial charge on any atom is -0.380 e. The maximum Gasteiger partial charge on any atom is 0.0749 e. The molecule has 0 fully saturated rings. The van der Waals surface area contributed by atoms with Gasteiger partial charge in [0.05, 0.1) is 6.61 Å². The van der Waals surface area contributed by atoms with Gasteiger partial charge in [0, 0.05) is 12.7 Å². The van der Waals surface area contributed by atoms with Gasteiger partial charge in [-0.15, -0.1) is 12.3 Å². The summed E-state index contributed by atoms with van der Waals surface area (Å²) in [5.41, 5.74) is 3.82. The van der Waals surface area contributed by atoms with Gasteiger partial charge in [-0.25, -0.2) is 0 Å². The molecule has 0 spiro atoms. The van der Waals surface area contributed by atoms with E-state index in [2.05, 4.69) is 18.9 Å². The van der Waals surface area contributed by atoms with E-state index in [4.69, 9.17) is 4.74 Å². The second-order valence-electron chi connectivity index (χ2n) is 1.71. The van der Waals surface area contributed by atoms with Crippen molar-refractivity contribution < 1.29 is 4.74 Å². The van der Waals surface area contributed by atoms with E-state index >= 15 is 0 Å². The Morgan fingerprint density at radius 1 is 1.78 bits per heavy atom. The highest BCUT2D eigenvalue weighted by Crippen LogP contribution is 1.98. The van der Waals surface area contributed by atoms with E-state index in [1.165, 1.54) is 0 Å². The maximum absolute atomic E-state index is 4.86. The summed E-state index contributed by atoms with van der Waals surface area (Å²) in [6.45, 7) is 7.70.